The van der Waals surface area contributed by atoms with Crippen LogP contribution in [-0.4, -0.2) is 56.0 Å². The van der Waals surface area contributed by atoms with Crippen LogP contribution in [0.3, 0.4) is 0 Å². The van der Waals surface area contributed by atoms with E-state index >= 15 is 0 Å². The van der Waals surface area contributed by atoms with E-state index < -0.39 is 0 Å². The molecule has 0 unspecified atom stereocenters. The number of aromatic nitrogens is 5. The van der Waals surface area contributed by atoms with Crippen LogP contribution >= 0.6 is 0 Å². The number of likely N-dealkylation sites (tertiary alicyclic amines) is 1. The molecule has 1 aliphatic rings. The van der Waals surface area contributed by atoms with Crippen molar-refractivity contribution in [3.8, 4) is 0 Å². The fourth-order valence-electron chi connectivity index (χ4n) is 2.97. The Kier molecular flexibility index (Phi) is 4.33. The first kappa shape index (κ1) is 14.9. The van der Waals surface area contributed by atoms with Crippen LogP contribution in [0.1, 0.15) is 24.2 Å². The predicted molar refractivity (Wildman–Crippen MR) is 84.5 cm³/mol. The highest BCUT2D eigenvalue weighted by Crippen LogP contribution is 2.21. The molecule has 1 fully saturated rings. The fraction of sp³-hybridized carbons (Fsp3) is 0.600. The Labute approximate surface area is 131 Å². The van der Waals surface area contributed by atoms with Crippen LogP contribution in [0.5, 0.6) is 0 Å². The average Bonchev–Trinajstić information content (AvgIpc) is 2.92. The molecule has 0 radical (unpaired) electrons. The standard InChI is InChI=1S/C15H23N7/c1-12-8-15(17-11-16-12)20(2)14-4-6-22(7-5-14)10-13-9-18-21(3)19-13/h8-9,11,14H,4-7,10H2,1-3H3. The van der Waals surface area contributed by atoms with E-state index in [2.05, 4.69) is 37.0 Å². The number of rotatable bonds is 4. The number of hydrogen-bond donors (Lipinski definition) is 0. The summed E-state index contributed by atoms with van der Waals surface area (Å²) in [6, 6.07) is 2.58. The summed E-state index contributed by atoms with van der Waals surface area (Å²) >= 11 is 0. The van der Waals surface area contributed by atoms with Crippen LogP contribution in [0.15, 0.2) is 18.6 Å². The van der Waals surface area contributed by atoms with Gasteiger partial charge in [0.05, 0.1) is 11.9 Å². The third kappa shape index (κ3) is 3.41. The second kappa shape index (κ2) is 6.39. The number of hydrogen-bond acceptors (Lipinski definition) is 6. The van der Waals surface area contributed by atoms with Gasteiger partial charge >= 0.3 is 0 Å². The average molecular weight is 301 g/mol. The predicted octanol–water partition coefficient (Wildman–Crippen LogP) is 1.01. The minimum atomic E-state index is 0.535. The van der Waals surface area contributed by atoms with Crippen molar-refractivity contribution in [2.45, 2.75) is 32.4 Å². The first-order chi connectivity index (χ1) is 10.6. The van der Waals surface area contributed by atoms with Gasteiger partial charge in [-0.2, -0.15) is 15.0 Å². The smallest absolute Gasteiger partial charge is 0.132 e. The molecule has 0 spiro atoms. The Hall–Kier alpha value is -2.02. The summed E-state index contributed by atoms with van der Waals surface area (Å²) in [5.74, 6) is 1.01. The number of nitrogens with zero attached hydrogens (tertiary/aromatic N) is 7. The lowest BCUT2D eigenvalue weighted by Gasteiger charge is -2.37. The highest BCUT2D eigenvalue weighted by Gasteiger charge is 2.23. The van der Waals surface area contributed by atoms with Crippen LogP contribution in [-0.2, 0) is 13.6 Å². The zero-order chi connectivity index (χ0) is 15.5. The maximum absolute atomic E-state index is 4.38. The van der Waals surface area contributed by atoms with Crippen LogP contribution in [0.25, 0.3) is 0 Å². The van der Waals surface area contributed by atoms with Crippen molar-refractivity contribution in [2.24, 2.45) is 7.05 Å². The van der Waals surface area contributed by atoms with E-state index in [0.29, 0.717) is 6.04 Å². The van der Waals surface area contributed by atoms with Crippen molar-refractivity contribution in [3.05, 3.63) is 30.0 Å². The Bertz CT molecular complexity index is 616. The molecule has 0 atom stereocenters. The highest BCUT2D eigenvalue weighted by molar-refractivity contribution is 5.39. The normalized spacial score (nSPS) is 16.9. The second-order valence-corrected chi connectivity index (χ2v) is 5.96. The first-order valence-corrected chi connectivity index (χ1v) is 7.71. The number of piperidine rings is 1. The van der Waals surface area contributed by atoms with E-state index in [1.54, 1.807) is 11.1 Å². The molecule has 2 aromatic heterocycles. The van der Waals surface area contributed by atoms with Gasteiger partial charge in [-0.05, 0) is 19.8 Å². The SMILES string of the molecule is Cc1cc(N(C)C2CCN(Cc3cnn(C)n3)CC2)ncn1. The van der Waals surface area contributed by atoms with Crippen molar-refractivity contribution in [3.63, 3.8) is 0 Å². The molecule has 3 heterocycles. The second-order valence-electron chi connectivity index (χ2n) is 5.96. The summed E-state index contributed by atoms with van der Waals surface area (Å²) < 4.78 is 0. The van der Waals surface area contributed by atoms with Crippen LogP contribution in [0.2, 0.25) is 0 Å². The molecule has 3 rings (SSSR count). The lowest BCUT2D eigenvalue weighted by atomic mass is 10.0. The Balaban J connectivity index is 1.55. The van der Waals surface area contributed by atoms with Crippen LogP contribution in [0.4, 0.5) is 5.82 Å². The minimum Gasteiger partial charge on any atom is -0.356 e. The van der Waals surface area contributed by atoms with Gasteiger partial charge in [-0.25, -0.2) is 9.97 Å². The summed E-state index contributed by atoms with van der Waals surface area (Å²) in [6.07, 6.45) is 5.77. The van der Waals surface area contributed by atoms with E-state index in [9.17, 15) is 0 Å². The molecule has 22 heavy (non-hydrogen) atoms. The zero-order valence-corrected chi connectivity index (χ0v) is 13.5. The summed E-state index contributed by atoms with van der Waals surface area (Å²) in [7, 11) is 3.99. The minimum absolute atomic E-state index is 0.535. The molecule has 0 saturated carbocycles. The molecule has 0 bridgehead atoms. The van der Waals surface area contributed by atoms with E-state index in [1.165, 1.54) is 0 Å². The molecule has 0 aromatic carbocycles. The Morgan fingerprint density at radius 3 is 2.68 bits per heavy atom. The van der Waals surface area contributed by atoms with Gasteiger partial charge in [0.2, 0.25) is 0 Å². The molecule has 0 aliphatic carbocycles. The number of aryl methyl sites for hydroxylation is 2. The maximum Gasteiger partial charge on any atom is 0.132 e. The molecule has 1 saturated heterocycles. The molecule has 118 valence electrons. The fourth-order valence-corrected chi connectivity index (χ4v) is 2.97. The molecule has 1 aliphatic heterocycles. The van der Waals surface area contributed by atoms with E-state index in [0.717, 1.165) is 49.7 Å². The zero-order valence-electron chi connectivity index (χ0n) is 13.5. The Morgan fingerprint density at radius 1 is 1.27 bits per heavy atom. The monoisotopic (exact) mass is 301 g/mol. The topological polar surface area (TPSA) is 63.0 Å². The lowest BCUT2D eigenvalue weighted by Crippen LogP contribution is -2.43. The van der Waals surface area contributed by atoms with Crippen molar-refractivity contribution in [2.75, 3.05) is 25.0 Å². The molecule has 0 N–H and O–H groups in total. The largest absolute Gasteiger partial charge is 0.356 e. The molecular formula is C15H23N7. The third-order valence-electron chi connectivity index (χ3n) is 4.29. The molecular weight excluding hydrogens is 278 g/mol. The summed E-state index contributed by atoms with van der Waals surface area (Å²) in [6.45, 7) is 5.05. The van der Waals surface area contributed by atoms with Gasteiger partial charge in [0.25, 0.3) is 0 Å². The van der Waals surface area contributed by atoms with E-state index in [4.69, 9.17) is 0 Å². The highest BCUT2D eigenvalue weighted by atomic mass is 15.5. The third-order valence-corrected chi connectivity index (χ3v) is 4.29. The van der Waals surface area contributed by atoms with Gasteiger partial charge in [-0.15, -0.1) is 0 Å². The number of anilines is 1. The quantitative estimate of drug-likeness (QED) is 0.840. The maximum atomic E-state index is 4.38. The van der Waals surface area contributed by atoms with Gasteiger partial charge in [-0.1, -0.05) is 0 Å². The summed E-state index contributed by atoms with van der Waals surface area (Å²) in [4.78, 5) is 14.9. The van der Waals surface area contributed by atoms with Gasteiger partial charge in [-0.3, -0.25) is 4.90 Å². The van der Waals surface area contributed by atoms with Gasteiger partial charge < -0.3 is 4.90 Å². The molecule has 7 nitrogen and oxygen atoms in total. The first-order valence-electron chi connectivity index (χ1n) is 7.71. The van der Waals surface area contributed by atoms with E-state index in [1.807, 2.05) is 26.2 Å². The summed E-state index contributed by atoms with van der Waals surface area (Å²) in [5, 5.41) is 8.48. The van der Waals surface area contributed by atoms with Crippen molar-refractivity contribution < 1.29 is 0 Å². The molecule has 0 amide bonds. The van der Waals surface area contributed by atoms with Crippen molar-refractivity contribution in [1.29, 1.82) is 0 Å². The summed E-state index contributed by atoms with van der Waals surface area (Å²) in [5.41, 5.74) is 2.05. The van der Waals surface area contributed by atoms with Gasteiger partial charge in [0, 0.05) is 51.5 Å². The van der Waals surface area contributed by atoms with E-state index in [-0.39, 0.29) is 0 Å². The van der Waals surface area contributed by atoms with Crippen molar-refractivity contribution >= 4 is 5.82 Å². The van der Waals surface area contributed by atoms with Crippen LogP contribution < -0.4 is 4.90 Å². The Morgan fingerprint density at radius 2 is 2.05 bits per heavy atom. The van der Waals surface area contributed by atoms with Gasteiger partial charge in [0.1, 0.15) is 12.1 Å². The molecule has 2 aromatic rings. The lowest BCUT2D eigenvalue weighted by molar-refractivity contribution is 0.200. The van der Waals surface area contributed by atoms with Crippen LogP contribution in [0, 0.1) is 6.92 Å². The molecule has 7 heteroatoms. The van der Waals surface area contributed by atoms with Gasteiger partial charge in [0.15, 0.2) is 0 Å². The van der Waals surface area contributed by atoms with Crippen molar-refractivity contribution in [1.82, 2.24) is 29.9 Å².